The monoisotopic (exact) mass is 304 g/mol. The van der Waals surface area contributed by atoms with E-state index in [1.165, 1.54) is 0 Å². The predicted octanol–water partition coefficient (Wildman–Crippen LogP) is 1.76. The van der Waals surface area contributed by atoms with E-state index in [9.17, 15) is 9.59 Å². The first-order chi connectivity index (χ1) is 10.3. The maximum Gasteiger partial charge on any atom is 0.307 e. The first-order valence-electron chi connectivity index (χ1n) is 7.48. The molecule has 1 aromatic carbocycles. The summed E-state index contributed by atoms with van der Waals surface area (Å²) in [7, 11) is 3.93. The minimum Gasteiger partial charge on any atom is -0.481 e. The number of benzene rings is 1. The lowest BCUT2D eigenvalue weighted by molar-refractivity contribution is -0.140. The molecule has 2 rings (SSSR count). The fraction of sp³-hybridized carbons (Fsp3) is 0.529. The van der Waals surface area contributed by atoms with Crippen molar-refractivity contribution in [3.8, 4) is 0 Å². The Morgan fingerprint density at radius 3 is 2.27 bits per heavy atom. The summed E-state index contributed by atoms with van der Waals surface area (Å²) >= 11 is 0. The SMILES string of the molecule is CN(C)[C@@H](CNC(=O)[C@@H]1[C@@H](C(=O)O)C1(C)C)c1ccccc1. The lowest BCUT2D eigenvalue weighted by Crippen LogP contribution is -2.36. The Kier molecular flexibility index (Phi) is 4.56. The van der Waals surface area contributed by atoms with Gasteiger partial charge >= 0.3 is 5.97 Å². The van der Waals surface area contributed by atoms with Crippen LogP contribution in [0.3, 0.4) is 0 Å². The Labute approximate surface area is 131 Å². The largest absolute Gasteiger partial charge is 0.481 e. The van der Waals surface area contributed by atoms with Gasteiger partial charge in [0, 0.05) is 6.54 Å². The second kappa shape index (κ2) is 6.08. The molecule has 0 aromatic heterocycles. The quantitative estimate of drug-likeness (QED) is 0.840. The minimum atomic E-state index is -0.891. The Bertz CT molecular complexity index is 554. The van der Waals surface area contributed by atoms with Crippen molar-refractivity contribution in [2.75, 3.05) is 20.6 Å². The van der Waals surface area contributed by atoms with Crippen LogP contribution in [0.4, 0.5) is 0 Å². The summed E-state index contributed by atoms with van der Waals surface area (Å²) in [4.78, 5) is 25.5. The third kappa shape index (κ3) is 3.14. The predicted molar refractivity (Wildman–Crippen MR) is 84.3 cm³/mol. The third-order valence-electron chi connectivity index (χ3n) is 4.65. The number of aliphatic carboxylic acids is 1. The van der Waals surface area contributed by atoms with Crippen molar-refractivity contribution in [2.24, 2.45) is 17.3 Å². The Morgan fingerprint density at radius 1 is 1.23 bits per heavy atom. The number of likely N-dealkylation sites (N-methyl/N-ethyl adjacent to an activating group) is 1. The number of hydrogen-bond acceptors (Lipinski definition) is 3. The molecule has 0 spiro atoms. The lowest BCUT2D eigenvalue weighted by atomic mass is 10.1. The van der Waals surface area contributed by atoms with Gasteiger partial charge in [-0.05, 0) is 25.1 Å². The average molecular weight is 304 g/mol. The maximum atomic E-state index is 12.3. The molecule has 3 atom stereocenters. The highest BCUT2D eigenvalue weighted by atomic mass is 16.4. The van der Waals surface area contributed by atoms with Crippen LogP contribution in [-0.2, 0) is 9.59 Å². The van der Waals surface area contributed by atoms with Gasteiger partial charge in [0.1, 0.15) is 0 Å². The normalized spacial score (nSPS) is 23.9. The molecule has 1 aliphatic rings. The number of carbonyl (C=O) groups is 2. The number of carboxylic acid groups (broad SMARTS) is 1. The van der Waals surface area contributed by atoms with E-state index in [0.717, 1.165) is 5.56 Å². The molecule has 120 valence electrons. The number of carboxylic acids is 1. The molecule has 2 N–H and O–H groups in total. The molecule has 1 aromatic rings. The molecule has 5 nitrogen and oxygen atoms in total. The van der Waals surface area contributed by atoms with Gasteiger partial charge < -0.3 is 15.3 Å². The van der Waals surface area contributed by atoms with Crippen LogP contribution in [0.25, 0.3) is 0 Å². The highest BCUT2D eigenvalue weighted by Gasteiger charge is 2.65. The summed E-state index contributed by atoms with van der Waals surface area (Å²) < 4.78 is 0. The van der Waals surface area contributed by atoms with Crippen molar-refractivity contribution in [3.05, 3.63) is 35.9 Å². The Hall–Kier alpha value is -1.88. The molecular weight excluding hydrogens is 280 g/mol. The molecular formula is C17H24N2O3. The highest BCUT2D eigenvalue weighted by molar-refractivity contribution is 5.91. The molecule has 1 fully saturated rings. The Balaban J connectivity index is 1.99. The van der Waals surface area contributed by atoms with E-state index >= 15 is 0 Å². The molecule has 5 heteroatoms. The number of amides is 1. The molecule has 1 saturated carbocycles. The van der Waals surface area contributed by atoms with Crippen molar-refractivity contribution < 1.29 is 14.7 Å². The van der Waals surface area contributed by atoms with Crippen LogP contribution in [0.5, 0.6) is 0 Å². The van der Waals surface area contributed by atoms with Crippen LogP contribution in [0.1, 0.15) is 25.5 Å². The van der Waals surface area contributed by atoms with E-state index in [4.69, 9.17) is 5.11 Å². The summed E-state index contributed by atoms with van der Waals surface area (Å²) in [6.07, 6.45) is 0. The molecule has 0 aliphatic heterocycles. The van der Waals surface area contributed by atoms with Crippen LogP contribution >= 0.6 is 0 Å². The molecule has 0 bridgehead atoms. The van der Waals surface area contributed by atoms with Crippen molar-refractivity contribution in [3.63, 3.8) is 0 Å². The minimum absolute atomic E-state index is 0.0651. The second-order valence-electron chi connectivity index (χ2n) is 6.75. The van der Waals surface area contributed by atoms with Gasteiger partial charge in [-0.25, -0.2) is 0 Å². The van der Waals surface area contributed by atoms with E-state index < -0.39 is 23.2 Å². The average Bonchev–Trinajstić information content (AvgIpc) is 3.03. The van der Waals surface area contributed by atoms with Gasteiger partial charge in [0.2, 0.25) is 5.91 Å². The summed E-state index contributed by atoms with van der Waals surface area (Å²) in [5.74, 6) is -2.08. The van der Waals surface area contributed by atoms with Crippen molar-refractivity contribution in [1.82, 2.24) is 10.2 Å². The van der Waals surface area contributed by atoms with Crippen LogP contribution in [-0.4, -0.2) is 42.5 Å². The Morgan fingerprint density at radius 2 is 1.82 bits per heavy atom. The zero-order chi connectivity index (χ0) is 16.5. The zero-order valence-electron chi connectivity index (χ0n) is 13.5. The van der Waals surface area contributed by atoms with Crippen LogP contribution in [0.2, 0.25) is 0 Å². The third-order valence-corrected chi connectivity index (χ3v) is 4.65. The van der Waals surface area contributed by atoms with Crippen LogP contribution in [0.15, 0.2) is 30.3 Å². The van der Waals surface area contributed by atoms with Gasteiger partial charge in [-0.3, -0.25) is 9.59 Å². The van der Waals surface area contributed by atoms with E-state index in [1.54, 1.807) is 0 Å². The first kappa shape index (κ1) is 16.5. The molecule has 1 aliphatic carbocycles. The van der Waals surface area contributed by atoms with Crippen LogP contribution < -0.4 is 5.32 Å². The summed E-state index contributed by atoms with van der Waals surface area (Å²) in [5.41, 5.74) is 0.661. The standard InChI is InChI=1S/C17H24N2O3/c1-17(2)13(14(17)16(21)22)15(20)18-10-12(19(3)4)11-8-6-5-7-9-11/h5-9,12-14H,10H2,1-4H3,(H,18,20)(H,21,22)/t12-,13-,14-/m0/s1. The number of carbonyl (C=O) groups excluding carboxylic acids is 1. The van der Waals surface area contributed by atoms with Gasteiger partial charge in [0.25, 0.3) is 0 Å². The number of hydrogen-bond donors (Lipinski definition) is 2. The van der Waals surface area contributed by atoms with E-state index in [1.807, 2.05) is 63.2 Å². The molecule has 1 amide bonds. The number of nitrogens with one attached hydrogen (secondary N) is 1. The van der Waals surface area contributed by atoms with Gasteiger partial charge in [0.15, 0.2) is 0 Å². The highest BCUT2D eigenvalue weighted by Crippen LogP contribution is 2.58. The fourth-order valence-electron chi connectivity index (χ4n) is 3.17. The lowest BCUT2D eigenvalue weighted by Gasteiger charge is -2.25. The second-order valence-corrected chi connectivity index (χ2v) is 6.75. The fourth-order valence-corrected chi connectivity index (χ4v) is 3.17. The zero-order valence-corrected chi connectivity index (χ0v) is 13.5. The topological polar surface area (TPSA) is 69.6 Å². The van der Waals surface area contributed by atoms with Crippen molar-refractivity contribution in [2.45, 2.75) is 19.9 Å². The number of nitrogens with zero attached hydrogens (tertiary/aromatic N) is 1. The van der Waals surface area contributed by atoms with Crippen molar-refractivity contribution >= 4 is 11.9 Å². The van der Waals surface area contributed by atoms with Gasteiger partial charge in [-0.15, -0.1) is 0 Å². The smallest absolute Gasteiger partial charge is 0.307 e. The van der Waals surface area contributed by atoms with E-state index in [2.05, 4.69) is 5.32 Å². The van der Waals surface area contributed by atoms with Gasteiger partial charge in [-0.1, -0.05) is 44.2 Å². The summed E-state index contributed by atoms with van der Waals surface area (Å²) in [5, 5.41) is 12.1. The number of rotatable bonds is 6. The summed E-state index contributed by atoms with van der Waals surface area (Å²) in [6, 6.07) is 10.0. The summed E-state index contributed by atoms with van der Waals surface area (Å²) in [6.45, 7) is 4.13. The van der Waals surface area contributed by atoms with Gasteiger partial charge in [-0.2, -0.15) is 0 Å². The maximum absolute atomic E-state index is 12.3. The van der Waals surface area contributed by atoms with E-state index in [0.29, 0.717) is 6.54 Å². The first-order valence-corrected chi connectivity index (χ1v) is 7.48. The molecule has 0 saturated heterocycles. The van der Waals surface area contributed by atoms with Gasteiger partial charge in [0.05, 0.1) is 17.9 Å². The molecule has 0 unspecified atom stereocenters. The van der Waals surface area contributed by atoms with Crippen LogP contribution in [0, 0.1) is 17.3 Å². The van der Waals surface area contributed by atoms with E-state index in [-0.39, 0.29) is 11.9 Å². The van der Waals surface area contributed by atoms with Crippen molar-refractivity contribution in [1.29, 1.82) is 0 Å². The molecule has 22 heavy (non-hydrogen) atoms. The molecule has 0 heterocycles. The molecule has 0 radical (unpaired) electrons.